The predicted octanol–water partition coefficient (Wildman–Crippen LogP) is 16.3. The van der Waals surface area contributed by atoms with E-state index in [-0.39, 0.29) is 24.9 Å². The van der Waals surface area contributed by atoms with Gasteiger partial charge >= 0.3 is 0 Å². The Hall–Kier alpha value is 1.80. The fraction of sp³-hybridized carbons (Fsp3) is 0.952. The van der Waals surface area contributed by atoms with E-state index in [9.17, 15) is 0 Å². The molecule has 5 heteroatoms. The molecule has 6 rings (SSSR count). The first-order valence-corrected chi connectivity index (χ1v) is 24.8. The Kier molecular flexibility index (Phi) is 22.2. The van der Waals surface area contributed by atoms with Crippen LogP contribution in [0.3, 0.4) is 0 Å². The first-order chi connectivity index (χ1) is 22.3. The van der Waals surface area contributed by atoms with Gasteiger partial charge in [-0.05, 0) is 122 Å². The van der Waals surface area contributed by atoms with Crippen molar-refractivity contribution < 1.29 is 19.5 Å². The van der Waals surface area contributed by atoms with Crippen LogP contribution in [0.25, 0.3) is 0 Å². The average Bonchev–Trinajstić information content (AvgIpc) is 3.08. The van der Waals surface area contributed by atoms with E-state index in [2.05, 4.69) is 0 Å². The van der Waals surface area contributed by atoms with Crippen LogP contribution in [0.2, 0.25) is 0 Å². The Labute approximate surface area is 319 Å². The summed E-state index contributed by atoms with van der Waals surface area (Å²) in [5, 5.41) is 0. The summed E-state index contributed by atoms with van der Waals surface area (Å²) in [4.78, 5) is 0. The van der Waals surface area contributed by atoms with Crippen molar-refractivity contribution in [2.24, 2.45) is 5.41 Å². The van der Waals surface area contributed by atoms with Gasteiger partial charge in [0, 0.05) is 19.5 Å². The van der Waals surface area contributed by atoms with E-state index in [4.69, 9.17) is 23.2 Å². The van der Waals surface area contributed by atoms with Crippen LogP contribution in [-0.4, -0.2) is 34.0 Å². The fourth-order valence-corrected chi connectivity index (χ4v) is 20.4. The number of hydrogen-bond donors (Lipinski definition) is 0. The molecule has 47 heavy (non-hydrogen) atoms. The molecular formula is C42H76Cl2P2Ru. The molecule has 6 fully saturated rings. The second-order valence-electron chi connectivity index (χ2n) is 17.4. The molecule has 0 spiro atoms. The van der Waals surface area contributed by atoms with E-state index in [1.807, 2.05) is 20.8 Å². The summed E-state index contributed by atoms with van der Waals surface area (Å²) in [5.41, 5.74) is 7.23. The van der Waals surface area contributed by atoms with Gasteiger partial charge in [-0.3, -0.25) is 0 Å². The zero-order valence-corrected chi connectivity index (χ0v) is 36.3. The molecule has 6 saturated carbocycles. The van der Waals surface area contributed by atoms with E-state index < -0.39 is 0 Å². The number of hydrogen-bond acceptors (Lipinski definition) is 0. The number of halogens is 2. The summed E-state index contributed by atoms with van der Waals surface area (Å²) in [6.45, 7) is 6.12. The third-order valence-corrected chi connectivity index (χ3v) is 20.9. The van der Waals surface area contributed by atoms with Crippen LogP contribution in [0.15, 0.2) is 10.6 Å². The van der Waals surface area contributed by atoms with Crippen molar-refractivity contribution in [1.82, 2.24) is 0 Å². The van der Waals surface area contributed by atoms with Crippen LogP contribution in [-0.2, 0) is 19.5 Å². The van der Waals surface area contributed by atoms with Crippen LogP contribution < -0.4 is 0 Å². The van der Waals surface area contributed by atoms with E-state index in [1.165, 1.54) is 72.5 Å². The molecule has 0 saturated heterocycles. The molecule has 0 radical (unpaired) electrons. The standard InChI is InChI=1S/2C18H33P.C6H10Cl2.Ru/c2*1-4-10-16(11-5-1)19(17-12-6-2-7-13-17)18-14-8-3-9-15-18;1-6(2,3)4-5(7)8;/h2*16-18H,1-15H2;4H,1-3H3;. The van der Waals surface area contributed by atoms with Crippen LogP contribution in [0.4, 0.5) is 0 Å². The van der Waals surface area contributed by atoms with Crippen molar-refractivity contribution in [3.63, 3.8) is 0 Å². The van der Waals surface area contributed by atoms with Crippen LogP contribution in [0, 0.1) is 5.41 Å². The summed E-state index contributed by atoms with van der Waals surface area (Å²) in [6.07, 6.45) is 49.0. The Bertz CT molecular complexity index is 663. The molecule has 0 amide bonds. The first-order valence-electron chi connectivity index (χ1n) is 20.9. The van der Waals surface area contributed by atoms with Crippen LogP contribution in [0.1, 0.15) is 213 Å². The van der Waals surface area contributed by atoms with Crippen molar-refractivity contribution in [2.75, 3.05) is 0 Å². The molecule has 276 valence electrons. The SMILES string of the molecule is C1CCC(P(C2CCCCC2)C2CCCCC2)CC1.C1CCC(P(C2CCCCC2)C2CCCCC2)CC1.CC(C)(C)C=C(Cl)Cl.[Ru]. The summed E-state index contributed by atoms with van der Waals surface area (Å²) < 4.78 is 0.345. The molecule has 0 aromatic carbocycles. The maximum atomic E-state index is 5.39. The van der Waals surface area contributed by atoms with E-state index in [0.29, 0.717) is 20.3 Å². The van der Waals surface area contributed by atoms with Crippen molar-refractivity contribution in [3.8, 4) is 0 Å². The molecule has 0 aromatic heterocycles. The van der Waals surface area contributed by atoms with Gasteiger partial charge in [-0.25, -0.2) is 0 Å². The fourth-order valence-electron chi connectivity index (χ4n) is 10.4. The van der Waals surface area contributed by atoms with Crippen molar-refractivity contribution in [3.05, 3.63) is 10.6 Å². The summed E-state index contributed by atoms with van der Waals surface area (Å²) in [6, 6.07) is 0. The molecule has 6 aliphatic rings. The van der Waals surface area contributed by atoms with Crippen molar-refractivity contribution >= 4 is 39.0 Å². The van der Waals surface area contributed by atoms with Crippen molar-refractivity contribution in [2.45, 2.75) is 247 Å². The second-order valence-corrected chi connectivity index (χ2v) is 24.6. The van der Waals surface area contributed by atoms with Gasteiger partial charge in [0.05, 0.1) is 0 Å². The minimum atomic E-state index is 0. The molecule has 0 nitrogen and oxygen atoms in total. The Morgan fingerprint density at radius 3 is 0.660 bits per heavy atom. The molecule has 0 heterocycles. The van der Waals surface area contributed by atoms with E-state index in [1.54, 1.807) is 160 Å². The van der Waals surface area contributed by atoms with Crippen LogP contribution >= 0.6 is 39.0 Å². The first kappa shape index (κ1) is 43.2. The maximum absolute atomic E-state index is 5.39. The third kappa shape index (κ3) is 16.1. The number of allylic oxidation sites excluding steroid dienone is 1. The number of rotatable bonds is 6. The van der Waals surface area contributed by atoms with Gasteiger partial charge in [0.15, 0.2) is 0 Å². The minimum Gasteiger partial charge on any atom is -0.0971 e. The molecule has 0 N–H and O–H groups in total. The van der Waals surface area contributed by atoms with E-state index in [0.717, 1.165) is 0 Å². The van der Waals surface area contributed by atoms with Crippen molar-refractivity contribution in [1.29, 1.82) is 0 Å². The van der Waals surface area contributed by atoms with Gasteiger partial charge in [0.25, 0.3) is 0 Å². The second kappa shape index (κ2) is 24.2. The van der Waals surface area contributed by atoms with Gasteiger partial charge in [-0.1, -0.05) is 175 Å². The summed E-state index contributed by atoms with van der Waals surface area (Å²) >= 11 is 10.8. The Morgan fingerprint density at radius 2 is 0.553 bits per heavy atom. The molecule has 0 aliphatic heterocycles. The molecule has 0 atom stereocenters. The van der Waals surface area contributed by atoms with Crippen LogP contribution in [0.5, 0.6) is 0 Å². The molecule has 0 bridgehead atoms. The van der Waals surface area contributed by atoms with Gasteiger partial charge in [-0.2, -0.15) is 0 Å². The Morgan fingerprint density at radius 1 is 0.383 bits per heavy atom. The normalized spacial score (nSPS) is 25.3. The largest absolute Gasteiger partial charge is 0.103 e. The monoisotopic (exact) mass is 814 g/mol. The quantitative estimate of drug-likeness (QED) is 0.185. The van der Waals surface area contributed by atoms with Gasteiger partial charge in [-0.15, -0.1) is 0 Å². The average molecular weight is 815 g/mol. The molecule has 0 aromatic rings. The smallest absolute Gasteiger partial charge is 0.0971 e. The summed E-state index contributed by atoms with van der Waals surface area (Å²) in [7, 11) is 0.770. The minimum absolute atomic E-state index is 0. The van der Waals surface area contributed by atoms with Gasteiger partial charge in [0.2, 0.25) is 0 Å². The summed E-state index contributed by atoms with van der Waals surface area (Å²) in [5.74, 6) is 0. The van der Waals surface area contributed by atoms with E-state index >= 15 is 0 Å². The predicted molar refractivity (Wildman–Crippen MR) is 214 cm³/mol. The zero-order chi connectivity index (χ0) is 32.6. The molecule has 0 unspecified atom stereocenters. The third-order valence-electron chi connectivity index (χ3n) is 12.5. The van der Waals surface area contributed by atoms with Gasteiger partial charge in [0.1, 0.15) is 4.49 Å². The molecular weight excluding hydrogens is 738 g/mol. The zero-order valence-electron chi connectivity index (χ0n) is 31.3. The Balaban J connectivity index is 0.000000206. The topological polar surface area (TPSA) is 0 Å². The molecule has 6 aliphatic carbocycles. The maximum Gasteiger partial charge on any atom is 0.103 e. The van der Waals surface area contributed by atoms with Gasteiger partial charge < -0.3 is 0 Å².